The van der Waals surface area contributed by atoms with E-state index in [1.165, 1.54) is 13.3 Å². The fourth-order valence-corrected chi connectivity index (χ4v) is 2.80. The van der Waals surface area contributed by atoms with Gasteiger partial charge in [-0.05, 0) is 12.8 Å². The molecule has 0 aliphatic heterocycles. The Morgan fingerprint density at radius 2 is 1.83 bits per heavy atom. The van der Waals surface area contributed by atoms with E-state index in [9.17, 15) is 24.3 Å². The molecule has 5 unspecified atom stereocenters. The molecule has 168 valence electrons. The number of carbonyl (C=O) groups excluding carboxylic acids is 3. The number of nitrogens with one attached hydrogen (secondary N) is 4. The van der Waals surface area contributed by atoms with Crippen LogP contribution in [-0.2, 0) is 25.6 Å². The van der Waals surface area contributed by atoms with Gasteiger partial charge in [-0.3, -0.25) is 14.4 Å². The average Bonchev–Trinajstić information content (AvgIpc) is 3.21. The first-order chi connectivity index (χ1) is 14.1. The van der Waals surface area contributed by atoms with E-state index in [1.54, 1.807) is 13.1 Å². The van der Waals surface area contributed by atoms with E-state index in [0.717, 1.165) is 0 Å². The summed E-state index contributed by atoms with van der Waals surface area (Å²) in [7, 11) is 0. The summed E-state index contributed by atoms with van der Waals surface area (Å²) in [6.45, 7) is 4.96. The van der Waals surface area contributed by atoms with Gasteiger partial charge in [-0.1, -0.05) is 20.3 Å². The van der Waals surface area contributed by atoms with Crippen LogP contribution in [0.2, 0.25) is 0 Å². The van der Waals surface area contributed by atoms with Crippen molar-refractivity contribution in [3.05, 3.63) is 18.2 Å². The highest BCUT2D eigenvalue weighted by Crippen LogP contribution is 2.08. The first-order valence-electron chi connectivity index (χ1n) is 9.58. The molecule has 0 saturated carbocycles. The topological polar surface area (TPSA) is 179 Å². The summed E-state index contributed by atoms with van der Waals surface area (Å²) in [5.74, 6) is -3.33. The molecule has 7 N–H and O–H groups in total. The smallest absolute Gasteiger partial charge is 0.326 e. The molecule has 1 aromatic rings. The van der Waals surface area contributed by atoms with Gasteiger partial charge in [0.1, 0.15) is 18.1 Å². The molecule has 0 bridgehead atoms. The Labute approximate surface area is 180 Å². The second kappa shape index (κ2) is 12.2. The molecular weight excluding hydrogens is 412 g/mol. The molecule has 0 aliphatic carbocycles. The molecule has 11 nitrogen and oxygen atoms in total. The lowest BCUT2D eigenvalue weighted by atomic mass is 9.99. The second-order valence-corrected chi connectivity index (χ2v) is 7.44. The highest BCUT2D eigenvalue weighted by atomic mass is 32.1. The lowest BCUT2D eigenvalue weighted by molar-refractivity contribution is -0.143. The lowest BCUT2D eigenvalue weighted by Crippen LogP contribution is -2.57. The molecule has 0 saturated heterocycles. The number of nitrogens with zero attached hydrogens (tertiary/aromatic N) is 1. The minimum Gasteiger partial charge on any atom is -0.480 e. The number of carbonyl (C=O) groups is 4. The number of imidazole rings is 1. The van der Waals surface area contributed by atoms with Crippen LogP contribution in [0, 0.1) is 5.92 Å². The molecule has 1 rings (SSSR count). The summed E-state index contributed by atoms with van der Waals surface area (Å²) in [4.78, 5) is 55.1. The van der Waals surface area contributed by atoms with E-state index in [4.69, 9.17) is 5.73 Å². The first kappa shape index (κ1) is 25.4. The zero-order valence-electron chi connectivity index (χ0n) is 17.2. The second-order valence-electron chi connectivity index (χ2n) is 7.07. The SMILES string of the molecule is CCC(C)C(NC(=O)C(CS)NC(=O)C(C)NC(=O)C(N)Cc1cnc[nH]1)C(=O)O. The normalized spacial score (nSPS) is 15.9. The molecule has 3 amide bonds. The molecule has 1 aromatic heterocycles. The van der Waals surface area contributed by atoms with Gasteiger partial charge < -0.3 is 31.8 Å². The van der Waals surface area contributed by atoms with Crippen LogP contribution < -0.4 is 21.7 Å². The van der Waals surface area contributed by atoms with Crippen molar-refractivity contribution in [1.29, 1.82) is 0 Å². The van der Waals surface area contributed by atoms with Crippen molar-refractivity contribution in [2.45, 2.75) is 57.8 Å². The zero-order valence-corrected chi connectivity index (χ0v) is 18.1. The monoisotopic (exact) mass is 442 g/mol. The molecule has 12 heteroatoms. The van der Waals surface area contributed by atoms with Gasteiger partial charge in [0.2, 0.25) is 17.7 Å². The molecular formula is C18H30N6O5S. The fraction of sp³-hybridized carbons (Fsp3) is 0.611. The van der Waals surface area contributed by atoms with Crippen LogP contribution in [0.3, 0.4) is 0 Å². The van der Waals surface area contributed by atoms with Crippen LogP contribution >= 0.6 is 12.6 Å². The van der Waals surface area contributed by atoms with Crippen LogP contribution in [0.25, 0.3) is 0 Å². The minimum absolute atomic E-state index is 0.0512. The number of aromatic amines is 1. The van der Waals surface area contributed by atoms with Crippen molar-refractivity contribution in [2.24, 2.45) is 11.7 Å². The molecule has 0 fully saturated rings. The Morgan fingerprint density at radius 1 is 1.17 bits per heavy atom. The van der Waals surface area contributed by atoms with Crippen LogP contribution in [0.15, 0.2) is 12.5 Å². The van der Waals surface area contributed by atoms with Gasteiger partial charge >= 0.3 is 5.97 Å². The molecule has 0 aromatic carbocycles. The predicted molar refractivity (Wildman–Crippen MR) is 113 cm³/mol. The van der Waals surface area contributed by atoms with Crippen molar-refractivity contribution in [2.75, 3.05) is 5.75 Å². The number of nitrogens with two attached hydrogens (primary N) is 1. The average molecular weight is 443 g/mol. The van der Waals surface area contributed by atoms with Crippen LogP contribution in [-0.4, -0.2) is 68.7 Å². The van der Waals surface area contributed by atoms with Gasteiger partial charge in [0.05, 0.1) is 12.4 Å². The number of carboxylic acids is 1. The molecule has 0 spiro atoms. The van der Waals surface area contributed by atoms with Gasteiger partial charge in [0.25, 0.3) is 0 Å². The van der Waals surface area contributed by atoms with Crippen molar-refractivity contribution in [3.8, 4) is 0 Å². The van der Waals surface area contributed by atoms with Crippen LogP contribution in [0.1, 0.15) is 32.9 Å². The molecule has 0 radical (unpaired) electrons. The maximum Gasteiger partial charge on any atom is 0.326 e. The summed E-state index contributed by atoms with van der Waals surface area (Å²) < 4.78 is 0. The van der Waals surface area contributed by atoms with Gasteiger partial charge in [0.15, 0.2) is 0 Å². The maximum absolute atomic E-state index is 12.4. The number of hydrogen-bond acceptors (Lipinski definition) is 7. The zero-order chi connectivity index (χ0) is 22.8. The van der Waals surface area contributed by atoms with Gasteiger partial charge in [-0.25, -0.2) is 9.78 Å². The van der Waals surface area contributed by atoms with E-state index in [0.29, 0.717) is 12.1 Å². The number of rotatable bonds is 12. The predicted octanol–water partition coefficient (Wildman–Crippen LogP) is -1.19. The first-order valence-corrected chi connectivity index (χ1v) is 10.2. The van der Waals surface area contributed by atoms with Gasteiger partial charge in [-0.15, -0.1) is 0 Å². The summed E-state index contributed by atoms with van der Waals surface area (Å²) in [5.41, 5.74) is 6.51. The number of H-pyrrole nitrogens is 1. The molecule has 1 heterocycles. The van der Waals surface area contributed by atoms with E-state index < -0.39 is 47.9 Å². The fourth-order valence-electron chi connectivity index (χ4n) is 2.54. The van der Waals surface area contributed by atoms with E-state index in [1.807, 2.05) is 6.92 Å². The largest absolute Gasteiger partial charge is 0.480 e. The number of thiol groups is 1. The third kappa shape index (κ3) is 7.67. The Hall–Kier alpha value is -2.60. The highest BCUT2D eigenvalue weighted by Gasteiger charge is 2.30. The number of amides is 3. The molecule has 0 aliphatic rings. The van der Waals surface area contributed by atoms with Gasteiger partial charge in [0, 0.05) is 24.1 Å². The van der Waals surface area contributed by atoms with E-state index in [-0.39, 0.29) is 18.1 Å². The van der Waals surface area contributed by atoms with Crippen molar-refractivity contribution in [1.82, 2.24) is 25.9 Å². The number of aliphatic carboxylic acids is 1. The Morgan fingerprint density at radius 3 is 2.33 bits per heavy atom. The highest BCUT2D eigenvalue weighted by molar-refractivity contribution is 7.80. The van der Waals surface area contributed by atoms with Crippen molar-refractivity contribution < 1.29 is 24.3 Å². The molecule has 30 heavy (non-hydrogen) atoms. The van der Waals surface area contributed by atoms with E-state index >= 15 is 0 Å². The minimum atomic E-state index is -1.16. The number of aromatic nitrogens is 2. The maximum atomic E-state index is 12.4. The van der Waals surface area contributed by atoms with Crippen molar-refractivity contribution in [3.63, 3.8) is 0 Å². The third-order valence-electron chi connectivity index (χ3n) is 4.68. The molecule has 5 atom stereocenters. The summed E-state index contributed by atoms with van der Waals surface area (Å²) >= 11 is 4.06. The quantitative estimate of drug-likeness (QED) is 0.199. The Kier molecular flexibility index (Phi) is 10.3. The summed E-state index contributed by atoms with van der Waals surface area (Å²) in [6.07, 6.45) is 3.78. The Bertz CT molecular complexity index is 729. The van der Waals surface area contributed by atoms with Gasteiger partial charge in [-0.2, -0.15) is 12.6 Å². The van der Waals surface area contributed by atoms with Crippen molar-refractivity contribution >= 4 is 36.3 Å². The number of carboxylic acid groups (broad SMARTS) is 1. The summed E-state index contributed by atoms with van der Waals surface area (Å²) in [5, 5.41) is 16.7. The van der Waals surface area contributed by atoms with Crippen LogP contribution in [0.5, 0.6) is 0 Å². The van der Waals surface area contributed by atoms with E-state index in [2.05, 4.69) is 38.5 Å². The third-order valence-corrected chi connectivity index (χ3v) is 5.04. The summed E-state index contributed by atoms with van der Waals surface area (Å²) in [6, 6.07) is -4.01. The lowest BCUT2D eigenvalue weighted by Gasteiger charge is -2.24. The number of hydrogen-bond donors (Lipinski definition) is 7. The Balaban J connectivity index is 2.62. The van der Waals surface area contributed by atoms with Crippen LogP contribution in [0.4, 0.5) is 0 Å². The standard InChI is InChI=1S/C18H30N6O5S/c1-4-9(2)14(18(28)29)24-17(27)13(7-30)23-15(25)10(3)22-16(26)12(19)5-11-6-20-8-21-11/h6,8-10,12-14,30H,4-5,7,19H2,1-3H3,(H,20,21)(H,22,26)(H,23,25)(H,24,27)(H,28,29).